The van der Waals surface area contributed by atoms with Crippen molar-refractivity contribution in [2.75, 3.05) is 6.67 Å². The number of hydrogen-bond donors (Lipinski definition) is 0. The second-order valence-corrected chi connectivity index (χ2v) is 2.24. The monoisotopic (exact) mass is 134 g/mol. The van der Waals surface area contributed by atoms with Gasteiger partial charge in [0.15, 0.2) is 6.29 Å². The second-order valence-electron chi connectivity index (χ2n) is 2.24. The molecule has 1 rings (SSSR count). The molecular weight excluding hydrogens is 123 g/mol. The van der Waals surface area contributed by atoms with Crippen molar-refractivity contribution in [2.45, 2.75) is 32.3 Å². The maximum Gasteiger partial charge on any atom is 0.155 e. The molecule has 1 saturated heterocycles. The molecule has 0 saturated carbocycles. The van der Waals surface area contributed by atoms with Crippen molar-refractivity contribution < 1.29 is 13.9 Å². The highest BCUT2D eigenvalue weighted by Gasteiger charge is 2.29. The van der Waals surface area contributed by atoms with Crippen LogP contribution in [0.1, 0.15) is 13.8 Å². The van der Waals surface area contributed by atoms with Gasteiger partial charge in [-0.3, -0.25) is 0 Å². The van der Waals surface area contributed by atoms with Crippen LogP contribution >= 0.6 is 0 Å². The second kappa shape index (κ2) is 2.62. The molecule has 0 aliphatic carbocycles. The quantitative estimate of drug-likeness (QED) is 0.534. The van der Waals surface area contributed by atoms with Crippen molar-refractivity contribution in [1.82, 2.24) is 0 Å². The van der Waals surface area contributed by atoms with Gasteiger partial charge in [0, 0.05) is 0 Å². The maximum atomic E-state index is 11.9. The van der Waals surface area contributed by atoms with Crippen LogP contribution in [0.15, 0.2) is 0 Å². The van der Waals surface area contributed by atoms with Gasteiger partial charge in [0.25, 0.3) is 0 Å². The van der Waals surface area contributed by atoms with Crippen LogP contribution in [0.4, 0.5) is 4.39 Å². The molecule has 0 amide bonds. The summed E-state index contributed by atoms with van der Waals surface area (Å²) in [6, 6.07) is 0. The van der Waals surface area contributed by atoms with Crippen LogP contribution in [0.2, 0.25) is 0 Å². The first-order valence-electron chi connectivity index (χ1n) is 3.11. The zero-order chi connectivity index (χ0) is 6.85. The van der Waals surface area contributed by atoms with Crippen molar-refractivity contribution in [3.05, 3.63) is 0 Å². The van der Waals surface area contributed by atoms with Crippen LogP contribution in [0.3, 0.4) is 0 Å². The first-order valence-corrected chi connectivity index (χ1v) is 3.11. The maximum absolute atomic E-state index is 11.9. The summed E-state index contributed by atoms with van der Waals surface area (Å²) in [5.74, 6) is 0. The van der Waals surface area contributed by atoms with Crippen molar-refractivity contribution in [3.63, 3.8) is 0 Å². The number of rotatable bonds is 1. The van der Waals surface area contributed by atoms with Crippen LogP contribution in [0.25, 0.3) is 0 Å². The fourth-order valence-electron chi connectivity index (χ4n) is 0.941. The van der Waals surface area contributed by atoms with E-state index in [4.69, 9.17) is 9.47 Å². The molecule has 1 aliphatic rings. The van der Waals surface area contributed by atoms with Gasteiger partial charge in [-0.2, -0.15) is 0 Å². The lowest BCUT2D eigenvalue weighted by Crippen LogP contribution is -2.20. The summed E-state index contributed by atoms with van der Waals surface area (Å²) < 4.78 is 22.0. The van der Waals surface area contributed by atoms with E-state index in [1.165, 1.54) is 0 Å². The van der Waals surface area contributed by atoms with E-state index >= 15 is 0 Å². The third-order valence-corrected chi connectivity index (χ3v) is 1.45. The zero-order valence-corrected chi connectivity index (χ0v) is 5.63. The molecule has 3 atom stereocenters. The number of ether oxygens (including phenoxy) is 2. The molecule has 0 aromatic heterocycles. The minimum atomic E-state index is -0.453. The van der Waals surface area contributed by atoms with Crippen molar-refractivity contribution in [2.24, 2.45) is 0 Å². The van der Waals surface area contributed by atoms with Crippen LogP contribution in [0.5, 0.6) is 0 Å². The Hall–Kier alpha value is -0.150. The third-order valence-electron chi connectivity index (χ3n) is 1.45. The first-order chi connectivity index (χ1) is 4.24. The summed E-state index contributed by atoms with van der Waals surface area (Å²) in [6.07, 6.45) is -0.675. The molecule has 0 aromatic carbocycles. The Morgan fingerprint density at radius 1 is 1.33 bits per heavy atom. The molecule has 0 aromatic rings. The van der Waals surface area contributed by atoms with Gasteiger partial charge < -0.3 is 9.47 Å². The first kappa shape index (κ1) is 6.96. The van der Waals surface area contributed by atoms with Gasteiger partial charge in [0.2, 0.25) is 0 Å². The smallest absolute Gasteiger partial charge is 0.155 e. The summed E-state index contributed by atoms with van der Waals surface area (Å²) in [7, 11) is 0. The van der Waals surface area contributed by atoms with Crippen molar-refractivity contribution in [1.29, 1.82) is 0 Å². The summed E-state index contributed by atoms with van der Waals surface area (Å²) >= 11 is 0. The van der Waals surface area contributed by atoms with E-state index in [1.807, 2.05) is 6.92 Å². The lowest BCUT2D eigenvalue weighted by Gasteiger charge is -2.05. The average molecular weight is 134 g/mol. The number of hydrogen-bond acceptors (Lipinski definition) is 2. The molecule has 3 unspecified atom stereocenters. The molecule has 1 fully saturated rings. The van der Waals surface area contributed by atoms with E-state index in [0.29, 0.717) is 0 Å². The molecule has 0 bridgehead atoms. The minimum absolute atomic E-state index is 0.0926. The van der Waals surface area contributed by atoms with Gasteiger partial charge >= 0.3 is 0 Å². The lowest BCUT2D eigenvalue weighted by molar-refractivity contribution is -0.0512. The van der Waals surface area contributed by atoms with Gasteiger partial charge in [-0.1, -0.05) is 0 Å². The van der Waals surface area contributed by atoms with Crippen LogP contribution in [-0.4, -0.2) is 25.2 Å². The largest absolute Gasteiger partial charge is 0.347 e. The Morgan fingerprint density at radius 2 is 2.00 bits per heavy atom. The average Bonchev–Trinajstić information content (AvgIpc) is 2.10. The van der Waals surface area contributed by atoms with E-state index in [9.17, 15) is 4.39 Å². The standard InChI is InChI=1S/C6H11FO2/c1-4-6(3-7)9-5(2)8-4/h4-6H,3H2,1-2H3. The Bertz CT molecular complexity index is 97.1. The fraction of sp³-hybridized carbons (Fsp3) is 1.00. The molecule has 1 heterocycles. The summed E-state index contributed by atoms with van der Waals surface area (Å²) in [5, 5.41) is 0. The predicted molar refractivity (Wildman–Crippen MR) is 30.9 cm³/mol. The molecule has 9 heavy (non-hydrogen) atoms. The summed E-state index contributed by atoms with van der Waals surface area (Å²) in [6.45, 7) is 3.13. The van der Waals surface area contributed by atoms with E-state index in [0.717, 1.165) is 0 Å². The molecule has 1 aliphatic heterocycles. The normalized spacial score (nSPS) is 43.7. The Balaban J connectivity index is 2.38. The molecular formula is C6H11FO2. The topological polar surface area (TPSA) is 18.5 Å². The number of alkyl halides is 1. The van der Waals surface area contributed by atoms with Crippen LogP contribution in [-0.2, 0) is 9.47 Å². The molecule has 0 radical (unpaired) electrons. The van der Waals surface area contributed by atoms with E-state index in [1.54, 1.807) is 6.92 Å². The minimum Gasteiger partial charge on any atom is -0.347 e. The van der Waals surface area contributed by atoms with Crippen LogP contribution < -0.4 is 0 Å². The Kier molecular flexibility index (Phi) is 2.03. The van der Waals surface area contributed by atoms with Gasteiger partial charge in [0.05, 0.1) is 6.10 Å². The van der Waals surface area contributed by atoms with Crippen LogP contribution in [0, 0.1) is 0 Å². The summed E-state index contributed by atoms with van der Waals surface area (Å²) in [4.78, 5) is 0. The number of halogens is 1. The van der Waals surface area contributed by atoms with Gasteiger partial charge in [0.1, 0.15) is 12.8 Å². The van der Waals surface area contributed by atoms with Crippen molar-refractivity contribution in [3.8, 4) is 0 Å². The third kappa shape index (κ3) is 1.40. The predicted octanol–water partition coefficient (Wildman–Crippen LogP) is 1.11. The molecule has 0 spiro atoms. The van der Waals surface area contributed by atoms with Gasteiger partial charge in [-0.25, -0.2) is 4.39 Å². The zero-order valence-electron chi connectivity index (χ0n) is 5.63. The van der Waals surface area contributed by atoms with E-state index in [2.05, 4.69) is 0 Å². The van der Waals surface area contributed by atoms with Gasteiger partial charge in [-0.05, 0) is 13.8 Å². The molecule has 3 heteroatoms. The van der Waals surface area contributed by atoms with E-state index < -0.39 is 6.67 Å². The van der Waals surface area contributed by atoms with Crippen molar-refractivity contribution >= 4 is 0 Å². The highest BCUT2D eigenvalue weighted by atomic mass is 19.1. The molecule has 54 valence electrons. The molecule has 2 nitrogen and oxygen atoms in total. The lowest BCUT2D eigenvalue weighted by atomic mass is 10.3. The highest BCUT2D eigenvalue weighted by molar-refractivity contribution is 4.70. The highest BCUT2D eigenvalue weighted by Crippen LogP contribution is 2.17. The summed E-state index contributed by atoms with van der Waals surface area (Å²) in [5.41, 5.74) is 0. The molecule has 0 N–H and O–H groups in total. The van der Waals surface area contributed by atoms with E-state index in [-0.39, 0.29) is 18.5 Å². The Labute approximate surface area is 54.0 Å². The fourth-order valence-corrected chi connectivity index (χ4v) is 0.941. The Morgan fingerprint density at radius 3 is 2.22 bits per heavy atom. The van der Waals surface area contributed by atoms with Gasteiger partial charge in [-0.15, -0.1) is 0 Å². The SMILES string of the molecule is CC1OC(C)C(CF)O1.